The lowest BCUT2D eigenvalue weighted by Gasteiger charge is -2.03. The summed E-state index contributed by atoms with van der Waals surface area (Å²) in [6.07, 6.45) is 10.2. The first-order valence-corrected chi connectivity index (χ1v) is 6.33. The number of hydrogen-bond acceptors (Lipinski definition) is 4. The van der Waals surface area contributed by atoms with Gasteiger partial charge in [0.15, 0.2) is 0 Å². The maximum atomic E-state index is 4.18. The number of aryl methyl sites for hydroxylation is 1. The Hall–Kier alpha value is -1.43. The fraction of sp³-hybridized carbons (Fsp3) is 0.364. The molecule has 0 aromatic carbocycles. The van der Waals surface area contributed by atoms with Gasteiger partial charge in [-0.15, -0.1) is 0 Å². The quantitative estimate of drug-likeness (QED) is 0.803. The van der Waals surface area contributed by atoms with Crippen molar-refractivity contribution in [1.29, 1.82) is 0 Å². The Morgan fingerprint density at radius 1 is 1.18 bits per heavy atom. The lowest BCUT2D eigenvalue weighted by Crippen LogP contribution is -2.05. The van der Waals surface area contributed by atoms with Crippen LogP contribution < -0.4 is 5.32 Å². The molecule has 0 fully saturated rings. The minimum atomic E-state index is 0.672. The Morgan fingerprint density at radius 3 is 2.71 bits per heavy atom. The molecule has 0 atom stereocenters. The third kappa shape index (κ3) is 4.14. The first kappa shape index (κ1) is 12.0. The number of nitrogens with one attached hydrogen (secondary N) is 2. The van der Waals surface area contributed by atoms with Crippen LogP contribution in [0.25, 0.3) is 0 Å². The van der Waals surface area contributed by atoms with Gasteiger partial charge in [0, 0.05) is 37.8 Å². The number of imidazole rings is 1. The van der Waals surface area contributed by atoms with E-state index in [-0.39, 0.29) is 0 Å². The Kier molecular flexibility index (Phi) is 4.49. The second-order valence-corrected chi connectivity index (χ2v) is 4.56. The van der Waals surface area contributed by atoms with Gasteiger partial charge in [0.1, 0.15) is 5.82 Å². The summed E-state index contributed by atoms with van der Waals surface area (Å²) in [5, 5.41) is 3.18. The van der Waals surface area contributed by atoms with Gasteiger partial charge in [0.2, 0.25) is 5.95 Å². The van der Waals surface area contributed by atoms with E-state index < -0.39 is 0 Å². The summed E-state index contributed by atoms with van der Waals surface area (Å²) in [5.41, 5.74) is 0. The highest BCUT2D eigenvalue weighted by molar-refractivity contribution is 9.10. The van der Waals surface area contributed by atoms with Crippen LogP contribution in [-0.4, -0.2) is 26.5 Å². The van der Waals surface area contributed by atoms with Gasteiger partial charge < -0.3 is 10.3 Å². The highest BCUT2D eigenvalue weighted by Gasteiger charge is 1.97. The van der Waals surface area contributed by atoms with E-state index in [9.17, 15) is 0 Å². The molecule has 0 saturated heterocycles. The average Bonchev–Trinajstić information content (AvgIpc) is 2.84. The molecule has 0 unspecified atom stereocenters. The van der Waals surface area contributed by atoms with Crippen molar-refractivity contribution in [3.8, 4) is 0 Å². The second kappa shape index (κ2) is 6.34. The van der Waals surface area contributed by atoms with Gasteiger partial charge in [-0.25, -0.2) is 15.0 Å². The first-order valence-electron chi connectivity index (χ1n) is 5.54. The molecule has 90 valence electrons. The third-order valence-electron chi connectivity index (χ3n) is 2.30. The van der Waals surface area contributed by atoms with E-state index in [0.717, 1.165) is 36.1 Å². The maximum Gasteiger partial charge on any atom is 0.222 e. The van der Waals surface area contributed by atoms with Crippen molar-refractivity contribution in [3.05, 3.63) is 35.1 Å². The largest absolute Gasteiger partial charge is 0.354 e. The van der Waals surface area contributed by atoms with E-state index in [1.807, 2.05) is 6.20 Å². The Balaban J connectivity index is 1.61. The first-order chi connectivity index (χ1) is 8.34. The van der Waals surface area contributed by atoms with Gasteiger partial charge in [0.25, 0.3) is 0 Å². The Labute approximate surface area is 108 Å². The van der Waals surface area contributed by atoms with Gasteiger partial charge in [-0.1, -0.05) is 0 Å². The summed E-state index contributed by atoms with van der Waals surface area (Å²) >= 11 is 3.30. The summed E-state index contributed by atoms with van der Waals surface area (Å²) in [5.74, 6) is 1.72. The van der Waals surface area contributed by atoms with E-state index in [2.05, 4.69) is 41.2 Å². The van der Waals surface area contributed by atoms with E-state index in [1.54, 1.807) is 18.6 Å². The van der Waals surface area contributed by atoms with Crippen LogP contribution in [0.3, 0.4) is 0 Å². The number of unbranched alkanes of at least 4 members (excludes halogenated alkanes) is 1. The molecule has 0 aliphatic heterocycles. The monoisotopic (exact) mass is 295 g/mol. The normalized spacial score (nSPS) is 10.4. The van der Waals surface area contributed by atoms with Crippen LogP contribution in [-0.2, 0) is 6.42 Å². The van der Waals surface area contributed by atoms with Crippen LogP contribution in [0, 0.1) is 0 Å². The van der Waals surface area contributed by atoms with E-state index in [1.165, 1.54) is 0 Å². The minimum Gasteiger partial charge on any atom is -0.354 e. The number of H-pyrrole nitrogens is 1. The number of nitrogens with zero attached hydrogens (tertiary/aromatic N) is 3. The van der Waals surface area contributed by atoms with Crippen LogP contribution in [0.5, 0.6) is 0 Å². The van der Waals surface area contributed by atoms with Crippen LogP contribution in [0.2, 0.25) is 0 Å². The van der Waals surface area contributed by atoms with Crippen molar-refractivity contribution in [2.75, 3.05) is 11.9 Å². The van der Waals surface area contributed by atoms with E-state index in [0.29, 0.717) is 5.95 Å². The molecular weight excluding hydrogens is 282 g/mol. The molecule has 17 heavy (non-hydrogen) atoms. The molecule has 0 bridgehead atoms. The summed E-state index contributed by atoms with van der Waals surface area (Å²) in [4.78, 5) is 15.5. The predicted octanol–water partition coefficient (Wildman–Crippen LogP) is 2.40. The van der Waals surface area contributed by atoms with Gasteiger partial charge in [-0.05, 0) is 28.8 Å². The number of aromatic amines is 1. The molecule has 2 rings (SSSR count). The van der Waals surface area contributed by atoms with Gasteiger partial charge in [0.05, 0.1) is 4.47 Å². The number of halogens is 1. The molecule has 0 aliphatic carbocycles. The molecule has 2 heterocycles. The van der Waals surface area contributed by atoms with Crippen molar-refractivity contribution in [2.24, 2.45) is 0 Å². The lowest BCUT2D eigenvalue weighted by atomic mass is 10.2. The average molecular weight is 296 g/mol. The zero-order valence-corrected chi connectivity index (χ0v) is 10.9. The van der Waals surface area contributed by atoms with E-state index in [4.69, 9.17) is 0 Å². The Bertz CT molecular complexity index is 426. The smallest absolute Gasteiger partial charge is 0.222 e. The van der Waals surface area contributed by atoms with Crippen LogP contribution in [0.15, 0.2) is 29.3 Å². The highest BCUT2D eigenvalue weighted by atomic mass is 79.9. The molecule has 0 spiro atoms. The summed E-state index contributed by atoms with van der Waals surface area (Å²) in [6, 6.07) is 0. The standard InChI is InChI=1S/C11H14BrN5/c12-9-7-16-11(17-8-9)15-4-2-1-3-10-13-5-6-14-10/h5-8H,1-4H2,(H,13,14)(H,15,16,17). The van der Waals surface area contributed by atoms with Gasteiger partial charge >= 0.3 is 0 Å². The lowest BCUT2D eigenvalue weighted by molar-refractivity contribution is 0.734. The summed E-state index contributed by atoms with van der Waals surface area (Å²) in [7, 11) is 0. The van der Waals surface area contributed by atoms with Crippen molar-refractivity contribution in [2.45, 2.75) is 19.3 Å². The number of anilines is 1. The molecule has 0 radical (unpaired) electrons. The van der Waals surface area contributed by atoms with E-state index >= 15 is 0 Å². The molecule has 2 aromatic heterocycles. The number of hydrogen-bond donors (Lipinski definition) is 2. The van der Waals surface area contributed by atoms with Crippen molar-refractivity contribution in [3.63, 3.8) is 0 Å². The predicted molar refractivity (Wildman–Crippen MR) is 69.7 cm³/mol. The highest BCUT2D eigenvalue weighted by Crippen LogP contribution is 2.07. The molecule has 2 N–H and O–H groups in total. The summed E-state index contributed by atoms with van der Waals surface area (Å²) < 4.78 is 0.890. The third-order valence-corrected chi connectivity index (χ3v) is 2.71. The molecule has 5 nitrogen and oxygen atoms in total. The van der Waals surface area contributed by atoms with Crippen molar-refractivity contribution >= 4 is 21.9 Å². The minimum absolute atomic E-state index is 0.672. The zero-order chi connectivity index (χ0) is 11.9. The Morgan fingerprint density at radius 2 is 2.00 bits per heavy atom. The molecule has 0 saturated carbocycles. The fourth-order valence-electron chi connectivity index (χ4n) is 1.46. The second-order valence-electron chi connectivity index (χ2n) is 3.64. The fourth-order valence-corrected chi connectivity index (χ4v) is 1.66. The molecule has 2 aromatic rings. The molecular formula is C11H14BrN5. The van der Waals surface area contributed by atoms with Gasteiger partial charge in [-0.2, -0.15) is 0 Å². The molecule has 0 amide bonds. The van der Waals surface area contributed by atoms with Crippen LogP contribution in [0.4, 0.5) is 5.95 Å². The van der Waals surface area contributed by atoms with Crippen molar-refractivity contribution in [1.82, 2.24) is 19.9 Å². The number of aromatic nitrogens is 4. The summed E-state index contributed by atoms with van der Waals surface area (Å²) in [6.45, 7) is 0.877. The molecule has 0 aliphatic rings. The number of rotatable bonds is 6. The molecule has 6 heteroatoms. The topological polar surface area (TPSA) is 66.5 Å². The SMILES string of the molecule is Brc1cnc(NCCCCc2ncc[nH]2)nc1. The van der Waals surface area contributed by atoms with Gasteiger partial charge in [-0.3, -0.25) is 0 Å². The maximum absolute atomic E-state index is 4.18. The van der Waals surface area contributed by atoms with Crippen LogP contribution in [0.1, 0.15) is 18.7 Å². The van der Waals surface area contributed by atoms with Crippen LogP contribution >= 0.6 is 15.9 Å². The zero-order valence-electron chi connectivity index (χ0n) is 9.36. The van der Waals surface area contributed by atoms with Crippen molar-refractivity contribution < 1.29 is 0 Å².